The molecule has 1 atom stereocenters. The molecule has 1 aliphatic rings. The summed E-state index contributed by atoms with van der Waals surface area (Å²) >= 11 is 6.03. The average molecular weight is 357 g/mol. The van der Waals surface area contributed by atoms with E-state index >= 15 is 0 Å². The highest BCUT2D eigenvalue weighted by Gasteiger charge is 2.18. The summed E-state index contributed by atoms with van der Waals surface area (Å²) < 4.78 is 7.60. The lowest BCUT2D eigenvalue weighted by atomic mass is 10.1. The van der Waals surface area contributed by atoms with Gasteiger partial charge < -0.3 is 10.1 Å². The Morgan fingerprint density at radius 2 is 2.08 bits per heavy atom. The maximum Gasteiger partial charge on any atom is 0.165 e. The first kappa shape index (κ1) is 16.4. The van der Waals surface area contributed by atoms with Crippen molar-refractivity contribution in [2.75, 3.05) is 18.5 Å². The van der Waals surface area contributed by atoms with E-state index in [0.717, 1.165) is 65.0 Å². The Morgan fingerprint density at radius 3 is 2.80 bits per heavy atom. The SMILES string of the molecule is Cc1cc(NC[C@@H]2CCCO2)n2nc(C)c(-c3ccc(Cl)cc3)c2n1. The quantitative estimate of drug-likeness (QED) is 0.759. The number of anilines is 1. The first-order valence-corrected chi connectivity index (χ1v) is 8.98. The second-order valence-corrected chi connectivity index (χ2v) is 6.94. The normalized spacial score (nSPS) is 17.3. The Labute approximate surface area is 152 Å². The van der Waals surface area contributed by atoms with Gasteiger partial charge in [0.2, 0.25) is 0 Å². The van der Waals surface area contributed by atoms with Crippen LogP contribution in [0.15, 0.2) is 30.3 Å². The number of aryl methyl sites for hydroxylation is 2. The van der Waals surface area contributed by atoms with Crippen LogP contribution >= 0.6 is 11.6 Å². The van der Waals surface area contributed by atoms with Gasteiger partial charge in [-0.2, -0.15) is 9.61 Å². The Balaban J connectivity index is 1.75. The molecule has 1 aromatic carbocycles. The van der Waals surface area contributed by atoms with Crippen LogP contribution < -0.4 is 5.32 Å². The number of hydrogen-bond donors (Lipinski definition) is 1. The zero-order chi connectivity index (χ0) is 17.4. The summed E-state index contributed by atoms with van der Waals surface area (Å²) in [7, 11) is 0. The lowest BCUT2D eigenvalue weighted by molar-refractivity contribution is 0.120. The monoisotopic (exact) mass is 356 g/mol. The number of nitrogens with one attached hydrogen (secondary N) is 1. The van der Waals surface area contributed by atoms with E-state index in [9.17, 15) is 0 Å². The van der Waals surface area contributed by atoms with Gasteiger partial charge in [-0.25, -0.2) is 4.98 Å². The molecule has 130 valence electrons. The topological polar surface area (TPSA) is 51.5 Å². The van der Waals surface area contributed by atoms with Crippen LogP contribution in [-0.2, 0) is 4.74 Å². The standard InChI is InChI=1S/C19H21ClN4O/c1-12-10-17(21-11-16-4-3-9-25-16)24-19(22-12)18(13(2)23-24)14-5-7-15(20)8-6-14/h5-8,10,16,21H,3-4,9,11H2,1-2H3/t16-/m0/s1. The first-order chi connectivity index (χ1) is 12.1. The Kier molecular flexibility index (Phi) is 4.36. The van der Waals surface area contributed by atoms with Crippen LogP contribution in [0.3, 0.4) is 0 Å². The molecule has 2 aromatic heterocycles. The summed E-state index contributed by atoms with van der Waals surface area (Å²) in [4.78, 5) is 4.73. The number of aromatic nitrogens is 3. The van der Waals surface area contributed by atoms with E-state index in [1.165, 1.54) is 0 Å². The Morgan fingerprint density at radius 1 is 1.28 bits per heavy atom. The van der Waals surface area contributed by atoms with Crippen LogP contribution in [0.25, 0.3) is 16.8 Å². The number of hydrogen-bond acceptors (Lipinski definition) is 4. The molecule has 0 bridgehead atoms. The van der Waals surface area contributed by atoms with Crippen molar-refractivity contribution in [1.29, 1.82) is 0 Å². The van der Waals surface area contributed by atoms with Gasteiger partial charge in [0.15, 0.2) is 5.65 Å². The maximum atomic E-state index is 6.03. The number of rotatable bonds is 4. The molecule has 0 saturated carbocycles. The highest BCUT2D eigenvalue weighted by Crippen LogP contribution is 2.30. The Bertz CT molecular complexity index is 898. The first-order valence-electron chi connectivity index (χ1n) is 8.60. The fraction of sp³-hybridized carbons (Fsp3) is 0.368. The average Bonchev–Trinajstić information content (AvgIpc) is 3.21. The number of halogens is 1. The minimum Gasteiger partial charge on any atom is -0.376 e. The minimum absolute atomic E-state index is 0.274. The van der Waals surface area contributed by atoms with E-state index < -0.39 is 0 Å². The molecule has 1 N–H and O–H groups in total. The second-order valence-electron chi connectivity index (χ2n) is 6.50. The van der Waals surface area contributed by atoms with Crippen molar-refractivity contribution in [3.05, 3.63) is 46.7 Å². The number of benzene rings is 1. The zero-order valence-corrected chi connectivity index (χ0v) is 15.2. The van der Waals surface area contributed by atoms with Gasteiger partial charge in [0.25, 0.3) is 0 Å². The number of nitrogens with zero attached hydrogens (tertiary/aromatic N) is 3. The largest absolute Gasteiger partial charge is 0.376 e. The smallest absolute Gasteiger partial charge is 0.165 e. The van der Waals surface area contributed by atoms with Crippen LogP contribution in [0.4, 0.5) is 5.82 Å². The van der Waals surface area contributed by atoms with E-state index in [1.54, 1.807) is 0 Å². The summed E-state index contributed by atoms with van der Waals surface area (Å²) in [5.74, 6) is 0.946. The molecule has 1 fully saturated rings. The third-order valence-electron chi connectivity index (χ3n) is 4.56. The molecule has 6 heteroatoms. The lowest BCUT2D eigenvalue weighted by Gasteiger charge is -2.13. The molecular weight excluding hydrogens is 336 g/mol. The maximum absolute atomic E-state index is 6.03. The predicted octanol–water partition coefficient (Wildman–Crippen LogP) is 4.26. The van der Waals surface area contributed by atoms with Crippen LogP contribution in [0.1, 0.15) is 24.2 Å². The van der Waals surface area contributed by atoms with Crippen molar-refractivity contribution in [1.82, 2.24) is 14.6 Å². The molecule has 25 heavy (non-hydrogen) atoms. The van der Waals surface area contributed by atoms with Crippen molar-refractivity contribution < 1.29 is 4.74 Å². The van der Waals surface area contributed by atoms with E-state index in [1.807, 2.05) is 48.7 Å². The molecule has 4 rings (SSSR count). The van der Waals surface area contributed by atoms with Crippen molar-refractivity contribution in [3.63, 3.8) is 0 Å². The molecule has 3 aromatic rings. The summed E-state index contributed by atoms with van der Waals surface area (Å²) in [5, 5.41) is 8.93. The van der Waals surface area contributed by atoms with Gasteiger partial charge >= 0.3 is 0 Å². The third kappa shape index (κ3) is 3.22. The highest BCUT2D eigenvalue weighted by molar-refractivity contribution is 6.30. The van der Waals surface area contributed by atoms with Crippen LogP contribution in [0.5, 0.6) is 0 Å². The van der Waals surface area contributed by atoms with Crippen molar-refractivity contribution >= 4 is 23.1 Å². The predicted molar refractivity (Wildman–Crippen MR) is 100 cm³/mol. The highest BCUT2D eigenvalue weighted by atomic mass is 35.5. The fourth-order valence-corrected chi connectivity index (χ4v) is 3.47. The number of fused-ring (bicyclic) bond motifs is 1. The molecule has 0 spiro atoms. The second kappa shape index (κ2) is 6.65. The molecule has 0 radical (unpaired) electrons. The van der Waals surface area contributed by atoms with Crippen molar-refractivity contribution in [3.8, 4) is 11.1 Å². The minimum atomic E-state index is 0.274. The van der Waals surface area contributed by atoms with Gasteiger partial charge in [0.05, 0.1) is 11.8 Å². The van der Waals surface area contributed by atoms with Crippen LogP contribution in [0, 0.1) is 13.8 Å². The Hall–Kier alpha value is -2.11. The van der Waals surface area contributed by atoms with Gasteiger partial charge in [-0.3, -0.25) is 0 Å². The summed E-state index contributed by atoms with van der Waals surface area (Å²) in [6.07, 6.45) is 2.52. The van der Waals surface area contributed by atoms with Crippen LogP contribution in [0.2, 0.25) is 5.02 Å². The molecule has 1 aliphatic heterocycles. The van der Waals surface area contributed by atoms with Crippen LogP contribution in [-0.4, -0.2) is 33.9 Å². The molecule has 5 nitrogen and oxygen atoms in total. The third-order valence-corrected chi connectivity index (χ3v) is 4.81. The summed E-state index contributed by atoms with van der Waals surface area (Å²) in [6, 6.07) is 9.84. The fourth-order valence-electron chi connectivity index (χ4n) is 3.35. The molecule has 0 unspecified atom stereocenters. The summed E-state index contributed by atoms with van der Waals surface area (Å²) in [5.41, 5.74) is 4.87. The molecule has 3 heterocycles. The van der Waals surface area contributed by atoms with Crippen molar-refractivity contribution in [2.24, 2.45) is 0 Å². The van der Waals surface area contributed by atoms with Gasteiger partial charge in [0.1, 0.15) is 5.82 Å². The van der Waals surface area contributed by atoms with E-state index in [4.69, 9.17) is 26.4 Å². The van der Waals surface area contributed by atoms with Gasteiger partial charge in [-0.15, -0.1) is 0 Å². The summed E-state index contributed by atoms with van der Waals surface area (Å²) in [6.45, 7) is 5.66. The lowest BCUT2D eigenvalue weighted by Crippen LogP contribution is -2.20. The molecular formula is C19H21ClN4O. The van der Waals surface area contributed by atoms with Gasteiger partial charge in [-0.05, 0) is 44.4 Å². The molecule has 0 aliphatic carbocycles. The number of ether oxygens (including phenoxy) is 1. The van der Waals surface area contributed by atoms with Gasteiger partial charge in [-0.1, -0.05) is 23.7 Å². The molecule has 0 amide bonds. The van der Waals surface area contributed by atoms with E-state index in [2.05, 4.69) is 5.32 Å². The van der Waals surface area contributed by atoms with Crippen molar-refractivity contribution in [2.45, 2.75) is 32.8 Å². The van der Waals surface area contributed by atoms with E-state index in [0.29, 0.717) is 0 Å². The molecule has 1 saturated heterocycles. The van der Waals surface area contributed by atoms with E-state index in [-0.39, 0.29) is 6.10 Å². The van der Waals surface area contributed by atoms with Gasteiger partial charge in [0, 0.05) is 35.5 Å². The zero-order valence-electron chi connectivity index (χ0n) is 14.4.